The number of nitrogens with zero attached hydrogens (tertiary/aromatic N) is 3. The van der Waals surface area contributed by atoms with Crippen LogP contribution in [0, 0.1) is 24.2 Å². The zero-order valence-corrected chi connectivity index (χ0v) is 12.1. The summed E-state index contributed by atoms with van der Waals surface area (Å²) in [6, 6.07) is 10.1. The predicted octanol–water partition coefficient (Wildman–Crippen LogP) is 3.90. The number of aryl methyl sites for hydroxylation is 1. The third-order valence-electron chi connectivity index (χ3n) is 2.89. The van der Waals surface area contributed by atoms with Crippen LogP contribution in [0.2, 0.25) is 5.15 Å². The molecule has 0 spiro atoms. The van der Waals surface area contributed by atoms with Gasteiger partial charge in [0.05, 0.1) is 11.4 Å². The van der Waals surface area contributed by atoms with Crippen molar-refractivity contribution in [3.63, 3.8) is 0 Å². The number of rotatable bonds is 3. The molecule has 0 saturated carbocycles. The summed E-state index contributed by atoms with van der Waals surface area (Å²) in [6.45, 7) is 6.22. The lowest BCUT2D eigenvalue weighted by molar-refractivity contribution is 0.627. The Morgan fingerprint density at radius 1 is 1.32 bits per heavy atom. The van der Waals surface area contributed by atoms with Crippen LogP contribution in [-0.4, -0.2) is 9.78 Å². The van der Waals surface area contributed by atoms with E-state index in [-0.39, 0.29) is 0 Å². The SMILES string of the molecule is Cc1ccc(-n2nc(CC(C)C)c(C#N)c2Cl)cc1. The number of hydrogen-bond donors (Lipinski definition) is 0. The average Bonchev–Trinajstić information content (AvgIpc) is 2.66. The van der Waals surface area contributed by atoms with Crippen molar-refractivity contribution in [1.29, 1.82) is 5.26 Å². The van der Waals surface area contributed by atoms with Gasteiger partial charge in [-0.05, 0) is 31.4 Å². The van der Waals surface area contributed by atoms with E-state index in [4.69, 9.17) is 11.6 Å². The van der Waals surface area contributed by atoms with E-state index in [9.17, 15) is 5.26 Å². The van der Waals surface area contributed by atoms with Gasteiger partial charge in [-0.15, -0.1) is 0 Å². The molecule has 0 aliphatic carbocycles. The van der Waals surface area contributed by atoms with Gasteiger partial charge in [0.1, 0.15) is 11.6 Å². The molecule has 98 valence electrons. The molecule has 0 amide bonds. The van der Waals surface area contributed by atoms with Crippen LogP contribution in [0.25, 0.3) is 5.69 Å². The summed E-state index contributed by atoms with van der Waals surface area (Å²) in [5.74, 6) is 0.435. The van der Waals surface area contributed by atoms with Gasteiger partial charge in [0.2, 0.25) is 0 Å². The molecule has 0 N–H and O–H groups in total. The first-order valence-corrected chi connectivity index (χ1v) is 6.65. The normalized spacial score (nSPS) is 10.7. The minimum absolute atomic E-state index is 0.391. The second-order valence-electron chi connectivity index (χ2n) is 5.07. The lowest BCUT2D eigenvalue weighted by Crippen LogP contribution is -2.00. The van der Waals surface area contributed by atoms with Crippen molar-refractivity contribution in [2.75, 3.05) is 0 Å². The molecular formula is C15H16ClN3. The standard InChI is InChI=1S/C15H16ClN3/c1-10(2)8-14-13(9-17)15(16)19(18-14)12-6-4-11(3)5-7-12/h4-7,10H,8H2,1-3H3. The molecule has 0 radical (unpaired) electrons. The van der Waals surface area contributed by atoms with Crippen LogP contribution < -0.4 is 0 Å². The van der Waals surface area contributed by atoms with Crippen LogP contribution in [0.4, 0.5) is 0 Å². The maximum absolute atomic E-state index is 9.23. The van der Waals surface area contributed by atoms with Crippen molar-refractivity contribution in [3.8, 4) is 11.8 Å². The van der Waals surface area contributed by atoms with Crippen molar-refractivity contribution in [2.45, 2.75) is 27.2 Å². The Labute approximate surface area is 118 Å². The van der Waals surface area contributed by atoms with Gasteiger partial charge in [0.15, 0.2) is 5.15 Å². The van der Waals surface area contributed by atoms with Gasteiger partial charge >= 0.3 is 0 Å². The second kappa shape index (κ2) is 5.46. The third kappa shape index (κ3) is 2.80. The highest BCUT2D eigenvalue weighted by Gasteiger charge is 2.17. The number of aromatic nitrogens is 2. The fraction of sp³-hybridized carbons (Fsp3) is 0.333. The first-order valence-electron chi connectivity index (χ1n) is 6.27. The fourth-order valence-electron chi connectivity index (χ4n) is 1.94. The minimum Gasteiger partial charge on any atom is -0.221 e. The molecule has 0 fully saturated rings. The Hall–Kier alpha value is -1.79. The Balaban J connectivity index is 2.50. The maximum Gasteiger partial charge on any atom is 0.150 e. The number of halogens is 1. The highest BCUT2D eigenvalue weighted by Crippen LogP contribution is 2.24. The molecule has 3 nitrogen and oxygen atoms in total. The van der Waals surface area contributed by atoms with E-state index in [2.05, 4.69) is 25.0 Å². The summed E-state index contributed by atoms with van der Waals surface area (Å²) < 4.78 is 1.64. The van der Waals surface area contributed by atoms with Crippen LogP contribution in [-0.2, 0) is 6.42 Å². The third-order valence-corrected chi connectivity index (χ3v) is 3.24. The predicted molar refractivity (Wildman–Crippen MR) is 76.6 cm³/mol. The van der Waals surface area contributed by atoms with Crippen molar-refractivity contribution >= 4 is 11.6 Å². The number of hydrogen-bond acceptors (Lipinski definition) is 2. The molecule has 2 aromatic rings. The van der Waals surface area contributed by atoms with E-state index >= 15 is 0 Å². The van der Waals surface area contributed by atoms with Crippen molar-refractivity contribution in [1.82, 2.24) is 9.78 Å². The molecule has 1 heterocycles. The smallest absolute Gasteiger partial charge is 0.150 e. The maximum atomic E-state index is 9.23. The molecule has 19 heavy (non-hydrogen) atoms. The van der Waals surface area contributed by atoms with Crippen LogP contribution in [0.15, 0.2) is 24.3 Å². The fourth-order valence-corrected chi connectivity index (χ4v) is 2.22. The largest absolute Gasteiger partial charge is 0.221 e. The minimum atomic E-state index is 0.391. The lowest BCUT2D eigenvalue weighted by Gasteiger charge is -2.03. The van der Waals surface area contributed by atoms with Gasteiger partial charge in [-0.1, -0.05) is 43.1 Å². The summed E-state index contributed by atoms with van der Waals surface area (Å²) >= 11 is 6.27. The quantitative estimate of drug-likeness (QED) is 0.851. The molecule has 0 unspecified atom stereocenters. The van der Waals surface area contributed by atoms with E-state index in [0.717, 1.165) is 17.8 Å². The average molecular weight is 274 g/mol. The van der Waals surface area contributed by atoms with E-state index in [1.54, 1.807) is 4.68 Å². The molecule has 0 aliphatic heterocycles. The van der Waals surface area contributed by atoms with Crippen LogP contribution in [0.5, 0.6) is 0 Å². The Bertz CT molecular complexity index is 618. The lowest BCUT2D eigenvalue weighted by atomic mass is 10.1. The van der Waals surface area contributed by atoms with Gasteiger partial charge in [0.25, 0.3) is 0 Å². The zero-order valence-electron chi connectivity index (χ0n) is 11.3. The molecule has 2 rings (SSSR count). The van der Waals surface area contributed by atoms with E-state index in [1.165, 1.54) is 5.56 Å². The van der Waals surface area contributed by atoms with Gasteiger partial charge < -0.3 is 0 Å². The van der Waals surface area contributed by atoms with Gasteiger partial charge in [-0.2, -0.15) is 10.4 Å². The zero-order chi connectivity index (χ0) is 14.0. The molecule has 4 heteroatoms. The van der Waals surface area contributed by atoms with Crippen molar-refractivity contribution in [3.05, 3.63) is 46.2 Å². The second-order valence-corrected chi connectivity index (χ2v) is 5.43. The molecule has 0 saturated heterocycles. The molecular weight excluding hydrogens is 258 g/mol. The first kappa shape index (κ1) is 13.6. The molecule has 0 atom stereocenters. The van der Waals surface area contributed by atoms with E-state index in [0.29, 0.717) is 16.6 Å². The van der Waals surface area contributed by atoms with E-state index < -0.39 is 0 Å². The molecule has 0 aliphatic rings. The van der Waals surface area contributed by atoms with Crippen LogP contribution in [0.3, 0.4) is 0 Å². The van der Waals surface area contributed by atoms with Crippen LogP contribution in [0.1, 0.15) is 30.7 Å². The summed E-state index contributed by atoms with van der Waals surface area (Å²) in [4.78, 5) is 0. The van der Waals surface area contributed by atoms with Gasteiger partial charge in [0, 0.05) is 0 Å². The molecule has 1 aromatic carbocycles. The summed E-state index contributed by atoms with van der Waals surface area (Å²) in [6.07, 6.45) is 0.751. The van der Waals surface area contributed by atoms with Gasteiger partial charge in [-0.25, -0.2) is 4.68 Å². The van der Waals surface area contributed by atoms with E-state index in [1.807, 2.05) is 31.2 Å². The first-order chi connectivity index (χ1) is 9.02. The number of nitriles is 1. The van der Waals surface area contributed by atoms with Crippen LogP contribution >= 0.6 is 11.6 Å². The highest BCUT2D eigenvalue weighted by molar-refractivity contribution is 6.31. The highest BCUT2D eigenvalue weighted by atomic mass is 35.5. The van der Waals surface area contributed by atoms with Crippen molar-refractivity contribution < 1.29 is 0 Å². The molecule has 1 aromatic heterocycles. The van der Waals surface area contributed by atoms with Gasteiger partial charge in [-0.3, -0.25) is 0 Å². The number of benzene rings is 1. The topological polar surface area (TPSA) is 41.6 Å². The summed E-state index contributed by atoms with van der Waals surface area (Å²) in [5, 5.41) is 14.1. The monoisotopic (exact) mass is 273 g/mol. The van der Waals surface area contributed by atoms with Crippen molar-refractivity contribution in [2.24, 2.45) is 5.92 Å². The Kier molecular flexibility index (Phi) is 3.92. The summed E-state index contributed by atoms with van der Waals surface area (Å²) in [5.41, 5.74) is 3.30. The summed E-state index contributed by atoms with van der Waals surface area (Å²) in [7, 11) is 0. The molecule has 0 bridgehead atoms. The Morgan fingerprint density at radius 3 is 2.47 bits per heavy atom. The Morgan fingerprint density at radius 2 is 1.95 bits per heavy atom.